The summed E-state index contributed by atoms with van der Waals surface area (Å²) < 4.78 is 0. The molecule has 0 N–H and O–H groups in total. The molecule has 0 radical (unpaired) electrons. The molecule has 0 aliphatic rings. The van der Waals surface area contributed by atoms with Crippen LogP contribution in [0.3, 0.4) is 0 Å². The molecule has 0 unspecified atom stereocenters. The Hall–Kier alpha value is -6.71. The topological polar surface area (TPSA) is 38.7 Å². The second-order valence-electron chi connectivity index (χ2n) is 12.9. The zero-order valence-corrected chi connectivity index (χ0v) is 27.9. The first-order valence-corrected chi connectivity index (χ1v) is 17.3. The first-order chi connectivity index (χ1) is 25.2. The van der Waals surface area contributed by atoms with Crippen molar-refractivity contribution in [3.8, 4) is 56.4 Å². The third-order valence-electron chi connectivity index (χ3n) is 9.52. The van der Waals surface area contributed by atoms with Gasteiger partial charge in [-0.3, -0.25) is 0 Å². The number of aromatic nitrogens is 3. The van der Waals surface area contributed by atoms with Crippen molar-refractivity contribution in [1.29, 1.82) is 0 Å². The molecule has 0 atom stereocenters. The van der Waals surface area contributed by atoms with Gasteiger partial charge < -0.3 is 0 Å². The molecule has 9 rings (SSSR count). The summed E-state index contributed by atoms with van der Waals surface area (Å²) in [6, 6.07) is 66.2. The Morgan fingerprint density at radius 1 is 0.294 bits per heavy atom. The van der Waals surface area contributed by atoms with Gasteiger partial charge in [-0.15, -0.1) is 0 Å². The SMILES string of the molecule is c1ccc(-c2ccc(-c3cc(Cc4cc5ccccc5c5ccccc45)cc(-c4nc(-c5ccccc5)nc(-c5ccccc5)n4)c3)cc2)cc1. The quantitative estimate of drug-likeness (QED) is 0.161. The summed E-state index contributed by atoms with van der Waals surface area (Å²) in [5.74, 6) is 1.95. The maximum atomic E-state index is 5.10. The minimum atomic E-state index is 0.648. The molecule has 51 heavy (non-hydrogen) atoms. The molecule has 0 aliphatic heterocycles. The van der Waals surface area contributed by atoms with Crippen LogP contribution in [-0.2, 0) is 6.42 Å². The average molecular weight is 652 g/mol. The molecular weight excluding hydrogens is 619 g/mol. The molecular formula is C48H33N3. The van der Waals surface area contributed by atoms with Crippen LogP contribution in [-0.4, -0.2) is 15.0 Å². The Morgan fingerprint density at radius 3 is 1.33 bits per heavy atom. The van der Waals surface area contributed by atoms with E-state index in [0.29, 0.717) is 17.5 Å². The standard InChI is InChI=1S/C48H33N3/c1-4-14-34(15-5-1)35-24-26-36(27-25-35)40-28-33(29-41-31-39-20-10-11-21-43(39)45-23-13-12-22-44(41)45)30-42(32-40)48-50-46(37-16-6-2-7-17-37)49-47(51-48)38-18-8-3-9-19-38/h1-28,30-32H,29H2. The maximum Gasteiger partial charge on any atom is 0.164 e. The predicted molar refractivity (Wildman–Crippen MR) is 211 cm³/mol. The van der Waals surface area contributed by atoms with E-state index in [9.17, 15) is 0 Å². The van der Waals surface area contributed by atoms with Crippen molar-refractivity contribution in [3.63, 3.8) is 0 Å². The van der Waals surface area contributed by atoms with E-state index in [1.165, 1.54) is 43.8 Å². The highest BCUT2D eigenvalue weighted by Crippen LogP contribution is 2.34. The fraction of sp³-hybridized carbons (Fsp3) is 0.0208. The van der Waals surface area contributed by atoms with Gasteiger partial charge >= 0.3 is 0 Å². The van der Waals surface area contributed by atoms with E-state index in [1.807, 2.05) is 36.4 Å². The van der Waals surface area contributed by atoms with Crippen molar-refractivity contribution in [2.75, 3.05) is 0 Å². The van der Waals surface area contributed by atoms with E-state index < -0.39 is 0 Å². The zero-order valence-electron chi connectivity index (χ0n) is 27.9. The molecule has 1 heterocycles. The fourth-order valence-corrected chi connectivity index (χ4v) is 7.01. The summed E-state index contributed by atoms with van der Waals surface area (Å²) in [5, 5.41) is 5.07. The van der Waals surface area contributed by atoms with Crippen molar-refractivity contribution in [1.82, 2.24) is 15.0 Å². The van der Waals surface area contributed by atoms with Gasteiger partial charge in [-0.2, -0.15) is 0 Å². The number of fused-ring (bicyclic) bond motifs is 3. The van der Waals surface area contributed by atoms with Crippen LogP contribution in [0.1, 0.15) is 11.1 Å². The smallest absolute Gasteiger partial charge is 0.164 e. The van der Waals surface area contributed by atoms with E-state index in [1.54, 1.807) is 0 Å². The number of hydrogen-bond donors (Lipinski definition) is 0. The molecule has 0 amide bonds. The fourth-order valence-electron chi connectivity index (χ4n) is 7.01. The van der Waals surface area contributed by atoms with Gasteiger partial charge in [-0.1, -0.05) is 176 Å². The van der Waals surface area contributed by atoms with Crippen LogP contribution in [0.15, 0.2) is 188 Å². The third-order valence-corrected chi connectivity index (χ3v) is 9.52. The Kier molecular flexibility index (Phi) is 7.92. The lowest BCUT2D eigenvalue weighted by Crippen LogP contribution is -2.01. The molecule has 0 saturated carbocycles. The van der Waals surface area contributed by atoms with E-state index >= 15 is 0 Å². The lowest BCUT2D eigenvalue weighted by atomic mass is 9.91. The van der Waals surface area contributed by atoms with Crippen LogP contribution in [0.4, 0.5) is 0 Å². The first-order valence-electron chi connectivity index (χ1n) is 17.3. The van der Waals surface area contributed by atoms with Gasteiger partial charge in [0.2, 0.25) is 0 Å². The second-order valence-corrected chi connectivity index (χ2v) is 12.9. The minimum absolute atomic E-state index is 0.648. The second kappa shape index (κ2) is 13.3. The van der Waals surface area contributed by atoms with Crippen LogP contribution in [0.25, 0.3) is 78.0 Å². The number of hydrogen-bond acceptors (Lipinski definition) is 3. The molecule has 0 saturated heterocycles. The highest BCUT2D eigenvalue weighted by Gasteiger charge is 2.16. The zero-order chi connectivity index (χ0) is 34.0. The minimum Gasteiger partial charge on any atom is -0.208 e. The van der Waals surface area contributed by atoms with E-state index in [4.69, 9.17) is 15.0 Å². The molecule has 1 aromatic heterocycles. The summed E-state index contributed by atoms with van der Waals surface area (Å²) in [4.78, 5) is 15.2. The van der Waals surface area contributed by atoms with Crippen LogP contribution >= 0.6 is 0 Å². The van der Waals surface area contributed by atoms with Crippen molar-refractivity contribution in [2.45, 2.75) is 6.42 Å². The highest BCUT2D eigenvalue weighted by atomic mass is 15.0. The maximum absolute atomic E-state index is 5.10. The summed E-state index contributed by atoms with van der Waals surface area (Å²) in [7, 11) is 0. The van der Waals surface area contributed by atoms with Crippen molar-refractivity contribution >= 4 is 21.5 Å². The van der Waals surface area contributed by atoms with Gasteiger partial charge in [0.25, 0.3) is 0 Å². The molecule has 8 aromatic carbocycles. The lowest BCUT2D eigenvalue weighted by molar-refractivity contribution is 1.07. The van der Waals surface area contributed by atoms with Gasteiger partial charge in [-0.25, -0.2) is 15.0 Å². The summed E-state index contributed by atoms with van der Waals surface area (Å²) in [6.45, 7) is 0. The Labute approximate surface area is 297 Å². The van der Waals surface area contributed by atoms with E-state index in [2.05, 4.69) is 152 Å². The molecule has 3 nitrogen and oxygen atoms in total. The Balaban J connectivity index is 1.22. The molecule has 0 fully saturated rings. The van der Waals surface area contributed by atoms with Gasteiger partial charge in [0.05, 0.1) is 0 Å². The van der Waals surface area contributed by atoms with Gasteiger partial charge in [-0.05, 0) is 73.5 Å². The summed E-state index contributed by atoms with van der Waals surface area (Å²) in [5.41, 5.74) is 10.00. The van der Waals surface area contributed by atoms with Gasteiger partial charge in [0, 0.05) is 16.7 Å². The molecule has 240 valence electrons. The Morgan fingerprint density at radius 2 is 0.725 bits per heavy atom. The van der Waals surface area contributed by atoms with Crippen LogP contribution < -0.4 is 0 Å². The molecule has 0 bridgehead atoms. The average Bonchev–Trinajstić information content (AvgIpc) is 3.22. The summed E-state index contributed by atoms with van der Waals surface area (Å²) >= 11 is 0. The predicted octanol–water partition coefficient (Wildman–Crippen LogP) is 12.1. The third kappa shape index (κ3) is 6.18. The first kappa shape index (κ1) is 30.4. The van der Waals surface area contributed by atoms with Gasteiger partial charge in [0.1, 0.15) is 0 Å². The summed E-state index contributed by atoms with van der Waals surface area (Å²) in [6.07, 6.45) is 0.760. The van der Waals surface area contributed by atoms with E-state index in [-0.39, 0.29) is 0 Å². The van der Waals surface area contributed by atoms with Gasteiger partial charge in [0.15, 0.2) is 17.5 Å². The largest absolute Gasteiger partial charge is 0.208 e. The highest BCUT2D eigenvalue weighted by molar-refractivity contribution is 6.09. The van der Waals surface area contributed by atoms with Crippen LogP contribution in [0, 0.1) is 0 Å². The number of benzene rings is 8. The monoisotopic (exact) mass is 651 g/mol. The molecule has 0 spiro atoms. The van der Waals surface area contributed by atoms with Crippen molar-refractivity contribution < 1.29 is 0 Å². The van der Waals surface area contributed by atoms with Crippen LogP contribution in [0.5, 0.6) is 0 Å². The molecule has 3 heteroatoms. The van der Waals surface area contributed by atoms with Crippen LogP contribution in [0.2, 0.25) is 0 Å². The number of nitrogens with zero attached hydrogens (tertiary/aromatic N) is 3. The number of rotatable bonds is 7. The molecule has 0 aliphatic carbocycles. The Bertz CT molecular complexity index is 2580. The lowest BCUT2D eigenvalue weighted by Gasteiger charge is -2.14. The normalized spacial score (nSPS) is 11.2. The van der Waals surface area contributed by atoms with Crippen molar-refractivity contribution in [3.05, 3.63) is 199 Å². The molecule has 9 aromatic rings. The van der Waals surface area contributed by atoms with E-state index in [0.717, 1.165) is 34.2 Å². The van der Waals surface area contributed by atoms with Crippen molar-refractivity contribution in [2.24, 2.45) is 0 Å².